The molecule has 0 bridgehead atoms. The summed E-state index contributed by atoms with van der Waals surface area (Å²) in [6, 6.07) is 10.2. The maximum atomic E-state index is 15.0. The zero-order valence-corrected chi connectivity index (χ0v) is 21.4. The summed E-state index contributed by atoms with van der Waals surface area (Å²) in [5.41, 5.74) is 5.73. The summed E-state index contributed by atoms with van der Waals surface area (Å²) in [4.78, 5) is 34.2. The topological polar surface area (TPSA) is 68.4 Å². The van der Waals surface area contributed by atoms with Crippen LogP contribution in [0.25, 0.3) is 22.8 Å². The highest BCUT2D eigenvalue weighted by molar-refractivity contribution is 6.36. The molecule has 0 radical (unpaired) electrons. The van der Waals surface area contributed by atoms with Gasteiger partial charge in [0, 0.05) is 54.3 Å². The van der Waals surface area contributed by atoms with E-state index in [2.05, 4.69) is 15.2 Å². The Bertz CT molecular complexity index is 1450. The van der Waals surface area contributed by atoms with Crippen molar-refractivity contribution >= 4 is 40.8 Å². The number of hydrogen-bond acceptors (Lipinski definition) is 3. The van der Waals surface area contributed by atoms with Crippen molar-refractivity contribution in [3.8, 4) is 11.1 Å². The van der Waals surface area contributed by atoms with Crippen molar-refractivity contribution in [2.24, 2.45) is 0 Å². The van der Waals surface area contributed by atoms with E-state index in [4.69, 9.17) is 11.6 Å². The van der Waals surface area contributed by atoms with Crippen LogP contribution in [0.3, 0.4) is 0 Å². The molecule has 0 saturated carbocycles. The number of H-pyrrole nitrogens is 1. The molecule has 4 heterocycles. The first-order chi connectivity index (χ1) is 17.9. The van der Waals surface area contributed by atoms with E-state index in [1.807, 2.05) is 11.8 Å². The lowest BCUT2D eigenvalue weighted by atomic mass is 9.93. The number of likely N-dealkylation sites (tertiary alicyclic amines) is 1. The number of rotatable bonds is 5. The molecule has 3 aliphatic heterocycles. The zero-order valence-electron chi connectivity index (χ0n) is 20.7. The Morgan fingerprint density at radius 3 is 2.57 bits per heavy atom. The number of carbonyl (C=O) groups is 2. The monoisotopic (exact) mass is 518 g/mol. The lowest BCUT2D eigenvalue weighted by Crippen LogP contribution is -2.42. The number of fused-ring (bicyclic) bond motifs is 2. The van der Waals surface area contributed by atoms with Gasteiger partial charge in [-0.1, -0.05) is 35.9 Å². The van der Waals surface area contributed by atoms with Crippen LogP contribution in [0.15, 0.2) is 36.4 Å². The average Bonchev–Trinajstić information content (AvgIpc) is 3.59. The van der Waals surface area contributed by atoms with E-state index in [1.54, 1.807) is 36.4 Å². The van der Waals surface area contributed by atoms with E-state index in [-0.39, 0.29) is 16.8 Å². The highest BCUT2D eigenvalue weighted by Crippen LogP contribution is 2.42. The molecule has 37 heavy (non-hydrogen) atoms. The molecule has 0 unspecified atom stereocenters. The average molecular weight is 519 g/mol. The van der Waals surface area contributed by atoms with Crippen molar-refractivity contribution in [1.82, 2.24) is 14.8 Å². The Morgan fingerprint density at radius 1 is 1.00 bits per heavy atom. The van der Waals surface area contributed by atoms with Crippen LogP contribution in [-0.4, -0.2) is 59.3 Å². The molecule has 3 aromatic rings. The summed E-state index contributed by atoms with van der Waals surface area (Å²) in [5.74, 6) is -0.755. The normalized spacial score (nSPS) is 18.5. The van der Waals surface area contributed by atoms with Crippen LogP contribution < -0.4 is 5.32 Å². The SMILES string of the molecule is Cc1c(C=C2C(=O)Nc3cccc(-c4cccc(Cl)c4F)c32)[nH]c2c1C(=O)N(CCN1CCCC1)CC2. The number of amides is 2. The molecule has 2 amide bonds. The minimum absolute atomic E-state index is 0.0265. The number of carbonyl (C=O) groups excluding carboxylic acids is 2. The quantitative estimate of drug-likeness (QED) is 0.446. The second-order valence-electron chi connectivity index (χ2n) is 9.95. The number of benzene rings is 2. The molecule has 190 valence electrons. The number of anilines is 1. The number of aromatic nitrogens is 1. The Hall–Kier alpha value is -3.42. The maximum Gasteiger partial charge on any atom is 0.256 e. The third kappa shape index (κ3) is 4.16. The molecule has 0 spiro atoms. The first kappa shape index (κ1) is 23.9. The first-order valence-electron chi connectivity index (χ1n) is 12.8. The first-order valence-corrected chi connectivity index (χ1v) is 13.1. The van der Waals surface area contributed by atoms with Gasteiger partial charge in [-0.2, -0.15) is 0 Å². The lowest BCUT2D eigenvalue weighted by molar-refractivity contribution is -0.110. The molecule has 2 N–H and O–H groups in total. The summed E-state index contributed by atoms with van der Waals surface area (Å²) in [7, 11) is 0. The van der Waals surface area contributed by atoms with E-state index in [0.717, 1.165) is 49.6 Å². The van der Waals surface area contributed by atoms with Crippen LogP contribution in [0.4, 0.5) is 10.1 Å². The number of nitrogens with zero attached hydrogens (tertiary/aromatic N) is 2. The van der Waals surface area contributed by atoms with Gasteiger partial charge in [0.2, 0.25) is 0 Å². The Labute approximate surface area is 220 Å². The second-order valence-corrected chi connectivity index (χ2v) is 10.4. The van der Waals surface area contributed by atoms with E-state index in [9.17, 15) is 14.0 Å². The van der Waals surface area contributed by atoms with Crippen molar-refractivity contribution < 1.29 is 14.0 Å². The zero-order chi connectivity index (χ0) is 25.7. The van der Waals surface area contributed by atoms with Gasteiger partial charge in [0.1, 0.15) is 5.82 Å². The van der Waals surface area contributed by atoms with Crippen molar-refractivity contribution in [3.05, 3.63) is 75.3 Å². The summed E-state index contributed by atoms with van der Waals surface area (Å²) in [6.45, 7) is 6.44. The minimum atomic E-state index is -0.526. The predicted molar refractivity (Wildman–Crippen MR) is 144 cm³/mol. The summed E-state index contributed by atoms with van der Waals surface area (Å²) >= 11 is 6.06. The standard InChI is InChI=1S/C29H28ClFN4O2/c1-17-24(32-23-10-13-35(29(37)25(17)23)15-14-34-11-2-3-12-34)16-20-26-18(6-5-9-22(26)33-28(20)36)19-7-4-8-21(30)27(19)31/h4-9,16,32H,2-3,10-15H2,1H3,(H,33,36). The van der Waals surface area contributed by atoms with E-state index < -0.39 is 5.82 Å². The molecule has 1 aromatic heterocycles. The molecule has 6 nitrogen and oxygen atoms in total. The van der Waals surface area contributed by atoms with Crippen LogP contribution >= 0.6 is 11.6 Å². The van der Waals surface area contributed by atoms with Crippen LogP contribution in [0, 0.1) is 12.7 Å². The van der Waals surface area contributed by atoms with E-state index >= 15 is 0 Å². The Morgan fingerprint density at radius 2 is 1.76 bits per heavy atom. The van der Waals surface area contributed by atoms with Gasteiger partial charge in [-0.3, -0.25) is 9.59 Å². The second kappa shape index (κ2) is 9.47. The van der Waals surface area contributed by atoms with Gasteiger partial charge in [0.15, 0.2) is 0 Å². The van der Waals surface area contributed by atoms with Gasteiger partial charge >= 0.3 is 0 Å². The fourth-order valence-electron chi connectivity index (χ4n) is 5.76. The number of halogens is 2. The third-order valence-corrected chi connectivity index (χ3v) is 8.03. The third-order valence-electron chi connectivity index (χ3n) is 7.74. The van der Waals surface area contributed by atoms with Crippen LogP contribution in [-0.2, 0) is 11.2 Å². The van der Waals surface area contributed by atoms with Crippen molar-refractivity contribution in [3.63, 3.8) is 0 Å². The predicted octanol–water partition coefficient (Wildman–Crippen LogP) is 5.37. The van der Waals surface area contributed by atoms with Gasteiger partial charge in [0.05, 0.1) is 16.2 Å². The largest absolute Gasteiger partial charge is 0.358 e. The highest BCUT2D eigenvalue weighted by Gasteiger charge is 2.32. The summed E-state index contributed by atoms with van der Waals surface area (Å²) in [6.07, 6.45) is 4.99. The van der Waals surface area contributed by atoms with E-state index in [1.165, 1.54) is 18.9 Å². The summed E-state index contributed by atoms with van der Waals surface area (Å²) < 4.78 is 15.0. The van der Waals surface area contributed by atoms with Gasteiger partial charge in [-0.15, -0.1) is 0 Å². The Balaban J connectivity index is 1.35. The van der Waals surface area contributed by atoms with Gasteiger partial charge < -0.3 is 20.1 Å². The molecule has 6 rings (SSSR count). The molecule has 0 atom stereocenters. The number of hydrogen-bond donors (Lipinski definition) is 2. The van der Waals surface area contributed by atoms with E-state index in [0.29, 0.717) is 40.1 Å². The molecular formula is C29H28ClFN4O2. The molecule has 8 heteroatoms. The minimum Gasteiger partial charge on any atom is -0.358 e. The summed E-state index contributed by atoms with van der Waals surface area (Å²) in [5, 5.41) is 2.92. The molecule has 2 aromatic carbocycles. The van der Waals surface area contributed by atoms with Crippen molar-refractivity contribution in [1.29, 1.82) is 0 Å². The molecular weight excluding hydrogens is 491 g/mol. The molecule has 3 aliphatic rings. The van der Waals surface area contributed by atoms with Crippen LogP contribution in [0.5, 0.6) is 0 Å². The lowest BCUT2D eigenvalue weighted by Gasteiger charge is -2.29. The fourth-order valence-corrected chi connectivity index (χ4v) is 5.93. The van der Waals surface area contributed by atoms with Crippen molar-refractivity contribution in [2.45, 2.75) is 26.2 Å². The van der Waals surface area contributed by atoms with Gasteiger partial charge in [-0.25, -0.2) is 4.39 Å². The molecule has 0 aliphatic carbocycles. The maximum absolute atomic E-state index is 15.0. The van der Waals surface area contributed by atoms with Crippen LogP contribution in [0.1, 0.15) is 45.7 Å². The molecule has 1 fully saturated rings. The van der Waals surface area contributed by atoms with Gasteiger partial charge in [-0.05, 0) is 62.2 Å². The number of aromatic amines is 1. The smallest absolute Gasteiger partial charge is 0.256 e. The Kier molecular flexibility index (Phi) is 6.13. The fraction of sp³-hybridized carbons (Fsp3) is 0.310. The molecule has 1 saturated heterocycles. The van der Waals surface area contributed by atoms with Crippen LogP contribution in [0.2, 0.25) is 5.02 Å². The van der Waals surface area contributed by atoms with Gasteiger partial charge in [0.25, 0.3) is 11.8 Å². The highest BCUT2D eigenvalue weighted by atomic mass is 35.5. The number of nitrogens with one attached hydrogen (secondary N) is 2. The van der Waals surface area contributed by atoms with Crippen molar-refractivity contribution in [2.75, 3.05) is 38.0 Å².